The highest BCUT2D eigenvalue weighted by molar-refractivity contribution is 7.99. The zero-order valence-corrected chi connectivity index (χ0v) is 17.1. The molecule has 0 spiro atoms. The summed E-state index contributed by atoms with van der Waals surface area (Å²) in [7, 11) is 3.38. The van der Waals surface area contributed by atoms with Gasteiger partial charge in [0.1, 0.15) is 5.82 Å². The molecular weight excluding hydrogens is 398 g/mol. The second-order valence-electron chi connectivity index (χ2n) is 6.35. The number of imidazole rings is 1. The molecule has 0 radical (unpaired) electrons. The van der Waals surface area contributed by atoms with Gasteiger partial charge in [0, 0.05) is 37.7 Å². The van der Waals surface area contributed by atoms with E-state index in [4.69, 9.17) is 0 Å². The number of thioether (sulfide) groups is 1. The van der Waals surface area contributed by atoms with Crippen LogP contribution in [0.1, 0.15) is 17.1 Å². The Morgan fingerprint density at radius 2 is 2.14 bits per heavy atom. The number of fused-ring (bicyclic) bond motifs is 1. The first kappa shape index (κ1) is 18.7. The number of nitrogens with one attached hydrogen (secondary N) is 1. The topological polar surface area (TPSA) is 103 Å². The predicted octanol–water partition coefficient (Wildman–Crippen LogP) is 1.39. The fourth-order valence-electron chi connectivity index (χ4n) is 2.98. The maximum absolute atomic E-state index is 12.7. The van der Waals surface area contributed by atoms with Crippen molar-refractivity contribution in [2.45, 2.75) is 24.5 Å². The number of aromatic amines is 1. The Labute approximate surface area is 168 Å². The molecule has 11 heteroatoms. The Bertz CT molecular complexity index is 1220. The quantitative estimate of drug-likeness (QED) is 0.360. The second kappa shape index (κ2) is 7.76. The smallest absolute Gasteiger partial charge is 0.328 e. The number of hydrogen-bond donors (Lipinski definition) is 1. The van der Waals surface area contributed by atoms with Gasteiger partial charge in [-0.3, -0.25) is 19.0 Å². The average molecular weight is 418 g/mol. The summed E-state index contributed by atoms with van der Waals surface area (Å²) in [5.74, 6) is 1.53. The van der Waals surface area contributed by atoms with Crippen molar-refractivity contribution < 1.29 is 0 Å². The molecule has 0 fully saturated rings. The molecule has 4 aromatic rings. The summed E-state index contributed by atoms with van der Waals surface area (Å²) >= 11 is 3.19. The zero-order chi connectivity index (χ0) is 19.7. The van der Waals surface area contributed by atoms with Crippen molar-refractivity contribution in [3.8, 4) is 0 Å². The Kier molecular flexibility index (Phi) is 5.18. The largest absolute Gasteiger partial charge is 0.332 e. The molecular formula is C17H19N7O2S2. The summed E-state index contributed by atoms with van der Waals surface area (Å²) in [6, 6.07) is 4.08. The van der Waals surface area contributed by atoms with Gasteiger partial charge in [0.25, 0.3) is 5.56 Å². The summed E-state index contributed by atoms with van der Waals surface area (Å²) in [5.41, 5.74) is 0.181. The van der Waals surface area contributed by atoms with Crippen LogP contribution in [0.15, 0.2) is 38.6 Å². The third-order valence-electron chi connectivity index (χ3n) is 4.39. The summed E-state index contributed by atoms with van der Waals surface area (Å²) < 4.78 is 4.33. The molecule has 4 heterocycles. The van der Waals surface area contributed by atoms with Crippen molar-refractivity contribution in [3.05, 3.63) is 55.4 Å². The summed E-state index contributed by atoms with van der Waals surface area (Å²) in [5, 5.41) is 9.89. The molecule has 1 N–H and O–H groups in total. The SMILES string of the molecule is Cn1cnc2c1c(=O)n(CCCSc1n[nH]c(Cc3cccs3)n1)c(=O)n2C. The Morgan fingerprint density at radius 3 is 2.93 bits per heavy atom. The molecule has 0 aliphatic heterocycles. The lowest BCUT2D eigenvalue weighted by Crippen LogP contribution is -2.39. The van der Waals surface area contributed by atoms with Gasteiger partial charge >= 0.3 is 5.69 Å². The van der Waals surface area contributed by atoms with E-state index in [1.165, 1.54) is 25.8 Å². The van der Waals surface area contributed by atoms with Gasteiger partial charge in [-0.05, 0) is 17.9 Å². The van der Waals surface area contributed by atoms with Gasteiger partial charge in [-0.25, -0.2) is 14.8 Å². The zero-order valence-electron chi connectivity index (χ0n) is 15.5. The van der Waals surface area contributed by atoms with E-state index in [-0.39, 0.29) is 11.2 Å². The van der Waals surface area contributed by atoms with E-state index >= 15 is 0 Å². The minimum atomic E-state index is -0.350. The molecule has 0 saturated heterocycles. The van der Waals surface area contributed by atoms with Gasteiger partial charge in [-0.1, -0.05) is 17.8 Å². The molecule has 0 aromatic carbocycles. The normalized spacial score (nSPS) is 11.5. The number of thiophene rings is 1. The molecule has 9 nitrogen and oxygen atoms in total. The molecule has 0 unspecified atom stereocenters. The number of aromatic nitrogens is 7. The number of rotatable bonds is 7. The van der Waals surface area contributed by atoms with Crippen molar-refractivity contribution in [2.24, 2.45) is 14.1 Å². The number of H-pyrrole nitrogens is 1. The van der Waals surface area contributed by atoms with Gasteiger partial charge in [-0.2, -0.15) is 0 Å². The fourth-order valence-corrected chi connectivity index (χ4v) is 4.43. The molecule has 146 valence electrons. The molecule has 0 amide bonds. The predicted molar refractivity (Wildman–Crippen MR) is 109 cm³/mol. The minimum absolute atomic E-state index is 0.306. The van der Waals surface area contributed by atoms with E-state index in [0.29, 0.717) is 35.0 Å². The first-order valence-corrected chi connectivity index (χ1v) is 10.6. The van der Waals surface area contributed by atoms with Gasteiger partial charge in [0.05, 0.1) is 6.33 Å². The lowest BCUT2D eigenvalue weighted by Gasteiger charge is -2.08. The van der Waals surface area contributed by atoms with Crippen molar-refractivity contribution in [1.29, 1.82) is 0 Å². The number of nitrogens with zero attached hydrogens (tertiary/aromatic N) is 6. The highest BCUT2D eigenvalue weighted by atomic mass is 32.2. The van der Waals surface area contributed by atoms with Crippen molar-refractivity contribution in [3.63, 3.8) is 0 Å². The Morgan fingerprint density at radius 1 is 1.29 bits per heavy atom. The standard InChI is InChI=1S/C17H19N7O2S2/c1-22-10-18-14-13(22)15(25)24(17(26)23(14)2)6-4-8-28-16-19-12(20-21-16)9-11-5-3-7-27-11/h3,5,7,10H,4,6,8-9H2,1-2H3,(H,19,20,21). The Hall–Kier alpha value is -2.66. The number of hydrogen-bond acceptors (Lipinski definition) is 7. The Balaban J connectivity index is 1.40. The van der Waals surface area contributed by atoms with Crippen LogP contribution in [-0.4, -0.2) is 39.6 Å². The molecule has 0 bridgehead atoms. The van der Waals surface area contributed by atoms with Gasteiger partial charge in [-0.15, -0.1) is 16.4 Å². The van der Waals surface area contributed by atoms with Crippen molar-refractivity contribution in [1.82, 2.24) is 33.9 Å². The van der Waals surface area contributed by atoms with E-state index in [9.17, 15) is 9.59 Å². The van der Waals surface area contributed by atoms with Crippen LogP contribution >= 0.6 is 23.1 Å². The van der Waals surface area contributed by atoms with E-state index < -0.39 is 0 Å². The van der Waals surface area contributed by atoms with Crippen LogP contribution < -0.4 is 11.2 Å². The summed E-state index contributed by atoms with van der Waals surface area (Å²) in [6.07, 6.45) is 2.93. The summed E-state index contributed by atoms with van der Waals surface area (Å²) in [4.78, 5) is 35.0. The van der Waals surface area contributed by atoms with E-state index in [2.05, 4.69) is 26.2 Å². The maximum Gasteiger partial charge on any atom is 0.332 e. The molecule has 4 rings (SSSR count). The lowest BCUT2D eigenvalue weighted by molar-refractivity contribution is 0.594. The van der Waals surface area contributed by atoms with Crippen LogP contribution in [0.5, 0.6) is 0 Å². The van der Waals surface area contributed by atoms with Crippen LogP contribution in [0.2, 0.25) is 0 Å². The fraction of sp³-hybridized carbons (Fsp3) is 0.353. The highest BCUT2D eigenvalue weighted by Gasteiger charge is 2.14. The number of aryl methyl sites for hydroxylation is 2. The van der Waals surface area contributed by atoms with Crippen LogP contribution in [0.3, 0.4) is 0 Å². The summed E-state index contributed by atoms with van der Waals surface area (Å²) in [6.45, 7) is 0.339. The first-order chi connectivity index (χ1) is 13.5. The van der Waals surface area contributed by atoms with Gasteiger partial charge in [0.2, 0.25) is 5.16 Å². The molecule has 28 heavy (non-hydrogen) atoms. The van der Waals surface area contributed by atoms with Crippen molar-refractivity contribution >= 4 is 34.3 Å². The molecule has 0 aliphatic carbocycles. The third-order valence-corrected chi connectivity index (χ3v) is 6.20. The average Bonchev–Trinajstić information content (AvgIpc) is 3.42. The van der Waals surface area contributed by atoms with Crippen LogP contribution in [-0.2, 0) is 27.1 Å². The minimum Gasteiger partial charge on any atom is -0.328 e. The van der Waals surface area contributed by atoms with E-state index in [1.54, 1.807) is 36.3 Å². The van der Waals surface area contributed by atoms with Crippen LogP contribution in [0.4, 0.5) is 0 Å². The van der Waals surface area contributed by atoms with Crippen molar-refractivity contribution in [2.75, 3.05) is 5.75 Å². The maximum atomic E-state index is 12.7. The van der Waals surface area contributed by atoms with Gasteiger partial charge < -0.3 is 4.57 Å². The molecule has 4 aromatic heterocycles. The van der Waals surface area contributed by atoms with Crippen LogP contribution in [0, 0.1) is 0 Å². The van der Waals surface area contributed by atoms with Crippen LogP contribution in [0.25, 0.3) is 11.2 Å². The van der Waals surface area contributed by atoms with E-state index in [1.807, 2.05) is 11.4 Å². The second-order valence-corrected chi connectivity index (χ2v) is 8.44. The monoisotopic (exact) mass is 417 g/mol. The first-order valence-electron chi connectivity index (χ1n) is 8.72. The molecule has 0 atom stereocenters. The molecule has 0 aliphatic rings. The van der Waals surface area contributed by atoms with Gasteiger partial charge in [0.15, 0.2) is 11.2 Å². The third kappa shape index (κ3) is 3.54. The van der Waals surface area contributed by atoms with E-state index in [0.717, 1.165) is 12.2 Å². The molecule has 0 saturated carbocycles. The highest BCUT2D eigenvalue weighted by Crippen LogP contribution is 2.17. The lowest BCUT2D eigenvalue weighted by atomic mass is 10.3.